The van der Waals surface area contributed by atoms with Crippen molar-refractivity contribution in [1.29, 1.82) is 0 Å². The summed E-state index contributed by atoms with van der Waals surface area (Å²) in [6.07, 6.45) is 4.08. The van der Waals surface area contributed by atoms with Crippen LogP contribution < -0.4 is 5.32 Å². The Labute approximate surface area is 121 Å². The number of nitrogens with zero attached hydrogens (tertiary/aromatic N) is 1. The normalized spacial score (nSPS) is 32.7. The van der Waals surface area contributed by atoms with Gasteiger partial charge in [-0.1, -0.05) is 13.3 Å². The van der Waals surface area contributed by atoms with Gasteiger partial charge in [0.25, 0.3) is 0 Å². The highest BCUT2D eigenvalue weighted by Crippen LogP contribution is 2.37. The Morgan fingerprint density at radius 2 is 2.25 bits per heavy atom. The molecule has 0 saturated carbocycles. The summed E-state index contributed by atoms with van der Waals surface area (Å²) in [6, 6.07) is 4.48. The van der Waals surface area contributed by atoms with Gasteiger partial charge in [-0.3, -0.25) is 4.90 Å². The van der Waals surface area contributed by atoms with E-state index in [4.69, 9.17) is 9.52 Å². The van der Waals surface area contributed by atoms with Gasteiger partial charge < -0.3 is 14.8 Å². The lowest BCUT2D eigenvalue weighted by Crippen LogP contribution is -2.56. The summed E-state index contributed by atoms with van der Waals surface area (Å²) in [7, 11) is 0. The number of piperidine rings is 3. The molecule has 4 heteroatoms. The fraction of sp³-hybridized carbons (Fsp3) is 0.750. The van der Waals surface area contributed by atoms with Gasteiger partial charge in [-0.05, 0) is 43.4 Å². The minimum absolute atomic E-state index is 0.0174. The fourth-order valence-corrected chi connectivity index (χ4v) is 3.89. The molecule has 0 amide bonds. The first kappa shape index (κ1) is 14.1. The lowest BCUT2D eigenvalue weighted by molar-refractivity contribution is 0.000192. The monoisotopic (exact) mass is 278 g/mol. The zero-order chi connectivity index (χ0) is 13.9. The molecule has 112 valence electrons. The largest absolute Gasteiger partial charge is 0.462 e. The summed E-state index contributed by atoms with van der Waals surface area (Å²) < 4.78 is 5.49. The van der Waals surface area contributed by atoms with Gasteiger partial charge in [-0.2, -0.15) is 0 Å². The second kappa shape index (κ2) is 6.29. The molecular weight excluding hydrogens is 252 g/mol. The molecule has 0 spiro atoms. The molecule has 2 N–H and O–H groups in total. The molecule has 0 aromatic carbocycles. The molecular formula is C16H26N2O2. The fourth-order valence-electron chi connectivity index (χ4n) is 3.89. The van der Waals surface area contributed by atoms with Crippen LogP contribution in [0.2, 0.25) is 0 Å². The Morgan fingerprint density at radius 3 is 2.90 bits per heavy atom. The lowest BCUT2D eigenvalue weighted by atomic mass is 9.74. The highest BCUT2D eigenvalue weighted by Gasteiger charge is 2.38. The summed E-state index contributed by atoms with van der Waals surface area (Å²) in [4.78, 5) is 2.67. The Balaban J connectivity index is 1.45. The van der Waals surface area contributed by atoms with Crippen LogP contribution in [0.3, 0.4) is 0 Å². The van der Waals surface area contributed by atoms with Crippen LogP contribution in [-0.4, -0.2) is 35.7 Å². The number of aliphatic hydroxyl groups excluding tert-OH is 1. The Hall–Kier alpha value is -0.840. The maximum Gasteiger partial charge on any atom is 0.129 e. The number of furan rings is 1. The van der Waals surface area contributed by atoms with Crippen molar-refractivity contribution in [2.75, 3.05) is 19.6 Å². The van der Waals surface area contributed by atoms with E-state index in [1.165, 1.54) is 32.4 Å². The third-order valence-corrected chi connectivity index (χ3v) is 5.09. The molecule has 4 unspecified atom stereocenters. The van der Waals surface area contributed by atoms with E-state index < -0.39 is 0 Å². The molecule has 4 atom stereocenters. The van der Waals surface area contributed by atoms with Gasteiger partial charge >= 0.3 is 0 Å². The molecule has 3 fully saturated rings. The van der Waals surface area contributed by atoms with Gasteiger partial charge in [0.2, 0.25) is 0 Å². The van der Waals surface area contributed by atoms with Gasteiger partial charge in [-0.25, -0.2) is 0 Å². The molecule has 4 rings (SSSR count). The van der Waals surface area contributed by atoms with Crippen molar-refractivity contribution in [2.45, 2.75) is 45.4 Å². The van der Waals surface area contributed by atoms with E-state index in [-0.39, 0.29) is 6.61 Å². The molecule has 1 aromatic rings. The van der Waals surface area contributed by atoms with Gasteiger partial charge in [0.05, 0.1) is 6.54 Å². The number of rotatable bonds is 6. The topological polar surface area (TPSA) is 48.6 Å². The van der Waals surface area contributed by atoms with Crippen LogP contribution in [0, 0.1) is 11.8 Å². The van der Waals surface area contributed by atoms with Crippen LogP contribution in [0.25, 0.3) is 0 Å². The van der Waals surface area contributed by atoms with E-state index in [2.05, 4.69) is 17.1 Å². The third kappa shape index (κ3) is 2.92. The maximum atomic E-state index is 8.98. The van der Waals surface area contributed by atoms with Crippen LogP contribution in [0.4, 0.5) is 0 Å². The van der Waals surface area contributed by atoms with Crippen molar-refractivity contribution in [3.05, 3.63) is 23.7 Å². The van der Waals surface area contributed by atoms with E-state index in [9.17, 15) is 0 Å². The van der Waals surface area contributed by atoms with Crippen LogP contribution in [0.1, 0.15) is 37.7 Å². The van der Waals surface area contributed by atoms with Crippen molar-refractivity contribution >= 4 is 0 Å². The first-order valence-electron chi connectivity index (χ1n) is 7.93. The van der Waals surface area contributed by atoms with Crippen LogP contribution in [0.15, 0.2) is 16.5 Å². The molecule has 4 heterocycles. The number of hydrogen-bond donors (Lipinski definition) is 2. The average Bonchev–Trinajstić information content (AvgIpc) is 2.96. The third-order valence-electron chi connectivity index (χ3n) is 5.09. The van der Waals surface area contributed by atoms with E-state index in [0.29, 0.717) is 11.8 Å². The number of hydrogen-bond acceptors (Lipinski definition) is 4. The Kier molecular flexibility index (Phi) is 4.44. The minimum atomic E-state index is -0.0174. The number of fused-ring (bicyclic) bond motifs is 3. The number of nitrogens with one attached hydrogen (secondary N) is 1. The van der Waals surface area contributed by atoms with Crippen LogP contribution >= 0.6 is 0 Å². The summed E-state index contributed by atoms with van der Waals surface area (Å²) in [5.74, 6) is 3.43. The zero-order valence-electron chi connectivity index (χ0n) is 12.3. The van der Waals surface area contributed by atoms with E-state index in [1.54, 1.807) is 0 Å². The van der Waals surface area contributed by atoms with Crippen molar-refractivity contribution in [3.8, 4) is 0 Å². The minimum Gasteiger partial charge on any atom is -0.462 e. The summed E-state index contributed by atoms with van der Waals surface area (Å²) in [5.41, 5.74) is 0. The zero-order valence-corrected chi connectivity index (χ0v) is 12.3. The molecule has 20 heavy (non-hydrogen) atoms. The molecule has 3 aliphatic heterocycles. The summed E-state index contributed by atoms with van der Waals surface area (Å²) in [5, 5.41) is 12.5. The van der Waals surface area contributed by atoms with E-state index in [1.807, 2.05) is 12.1 Å². The van der Waals surface area contributed by atoms with Crippen LogP contribution in [0.5, 0.6) is 0 Å². The van der Waals surface area contributed by atoms with Crippen LogP contribution in [-0.2, 0) is 13.2 Å². The molecule has 3 saturated heterocycles. The van der Waals surface area contributed by atoms with E-state index in [0.717, 1.165) is 30.7 Å². The average molecular weight is 278 g/mol. The second-order valence-electron chi connectivity index (χ2n) is 6.26. The van der Waals surface area contributed by atoms with E-state index >= 15 is 0 Å². The van der Waals surface area contributed by atoms with Gasteiger partial charge in [0, 0.05) is 19.1 Å². The molecule has 3 aliphatic rings. The maximum absolute atomic E-state index is 8.98. The first-order chi connectivity index (χ1) is 9.80. The molecule has 0 aliphatic carbocycles. The van der Waals surface area contributed by atoms with Crippen molar-refractivity contribution in [1.82, 2.24) is 10.2 Å². The molecule has 2 bridgehead atoms. The number of aliphatic hydroxyl groups is 1. The molecule has 0 radical (unpaired) electrons. The smallest absolute Gasteiger partial charge is 0.129 e. The van der Waals surface area contributed by atoms with Crippen molar-refractivity contribution in [2.24, 2.45) is 11.8 Å². The quantitative estimate of drug-likeness (QED) is 0.835. The molecule has 1 aromatic heterocycles. The van der Waals surface area contributed by atoms with Gasteiger partial charge in [0.15, 0.2) is 0 Å². The van der Waals surface area contributed by atoms with Gasteiger partial charge in [-0.15, -0.1) is 0 Å². The predicted molar refractivity (Wildman–Crippen MR) is 78.2 cm³/mol. The summed E-state index contributed by atoms with van der Waals surface area (Å²) in [6.45, 7) is 6.69. The Morgan fingerprint density at radius 1 is 1.40 bits per heavy atom. The van der Waals surface area contributed by atoms with Crippen molar-refractivity contribution in [3.63, 3.8) is 0 Å². The second-order valence-corrected chi connectivity index (χ2v) is 6.26. The Bertz CT molecular complexity index is 432. The highest BCUT2D eigenvalue weighted by atomic mass is 16.4. The summed E-state index contributed by atoms with van der Waals surface area (Å²) >= 11 is 0. The molecule has 4 nitrogen and oxygen atoms in total. The highest BCUT2D eigenvalue weighted by molar-refractivity contribution is 5.06. The standard InChI is InChI=1S/C16H26N2O2/c1-2-12-10-18-6-5-13(12)7-14(18)8-17-9-15-3-4-16(11-19)20-15/h3-4,12-14,17,19H,2,5-11H2,1H3. The van der Waals surface area contributed by atoms with Gasteiger partial charge in [0.1, 0.15) is 18.1 Å². The first-order valence-corrected chi connectivity index (χ1v) is 7.93. The lowest BCUT2D eigenvalue weighted by Gasteiger charge is -2.50. The van der Waals surface area contributed by atoms with Crippen molar-refractivity contribution < 1.29 is 9.52 Å². The SMILES string of the molecule is CCC1CN2CCC1CC2CNCc1ccc(CO)o1. The predicted octanol–water partition coefficient (Wildman–Crippen LogP) is 1.98.